The predicted molar refractivity (Wildman–Crippen MR) is 89.2 cm³/mol. The van der Waals surface area contributed by atoms with Gasteiger partial charge in [0.2, 0.25) is 5.91 Å². The minimum absolute atomic E-state index is 0.0500. The fourth-order valence-corrected chi connectivity index (χ4v) is 2.64. The second-order valence-corrected chi connectivity index (χ2v) is 6.09. The van der Waals surface area contributed by atoms with E-state index in [1.807, 2.05) is 55.8 Å². The number of hydrogen-bond donors (Lipinski definition) is 1. The maximum Gasteiger partial charge on any atom is 0.222 e. The van der Waals surface area contributed by atoms with Gasteiger partial charge in [-0.1, -0.05) is 23.7 Å². The molecule has 2 aromatic rings. The summed E-state index contributed by atoms with van der Waals surface area (Å²) in [5, 5.41) is 8.11. The Labute approximate surface area is 136 Å². The van der Waals surface area contributed by atoms with Gasteiger partial charge in [0.05, 0.1) is 11.7 Å². The van der Waals surface area contributed by atoms with Crippen molar-refractivity contribution in [2.45, 2.75) is 39.7 Å². The summed E-state index contributed by atoms with van der Waals surface area (Å²) in [5.74, 6) is 0.0500. The molecule has 4 nitrogen and oxygen atoms in total. The van der Waals surface area contributed by atoms with E-state index in [2.05, 4.69) is 10.4 Å². The highest BCUT2D eigenvalue weighted by Crippen LogP contribution is 2.14. The smallest absolute Gasteiger partial charge is 0.222 e. The van der Waals surface area contributed by atoms with Crippen molar-refractivity contribution in [3.05, 3.63) is 52.3 Å². The molecule has 0 unspecified atom stereocenters. The minimum Gasteiger partial charge on any atom is -0.356 e. The van der Waals surface area contributed by atoms with Crippen LogP contribution in [0.4, 0.5) is 0 Å². The summed E-state index contributed by atoms with van der Waals surface area (Å²) in [4.78, 5) is 12.0. The molecule has 0 fully saturated rings. The van der Waals surface area contributed by atoms with Crippen molar-refractivity contribution in [2.75, 3.05) is 6.54 Å². The van der Waals surface area contributed by atoms with Crippen molar-refractivity contribution in [1.82, 2.24) is 15.1 Å². The highest BCUT2D eigenvalue weighted by atomic mass is 35.5. The van der Waals surface area contributed by atoms with Crippen LogP contribution in [0, 0.1) is 13.8 Å². The number of aromatic nitrogens is 2. The Hall–Kier alpha value is -1.81. The van der Waals surface area contributed by atoms with Gasteiger partial charge in [-0.25, -0.2) is 0 Å². The summed E-state index contributed by atoms with van der Waals surface area (Å²) in [7, 11) is 0. The van der Waals surface area contributed by atoms with E-state index in [0.717, 1.165) is 28.4 Å². The third kappa shape index (κ3) is 4.60. The van der Waals surface area contributed by atoms with Crippen molar-refractivity contribution < 1.29 is 4.79 Å². The van der Waals surface area contributed by atoms with E-state index in [1.165, 1.54) is 0 Å². The van der Waals surface area contributed by atoms with Gasteiger partial charge in [-0.3, -0.25) is 9.48 Å². The number of carbonyl (C=O) groups excluding carboxylic acids is 1. The summed E-state index contributed by atoms with van der Waals surface area (Å²) < 4.78 is 1.91. The van der Waals surface area contributed by atoms with Crippen LogP contribution in [0.3, 0.4) is 0 Å². The lowest BCUT2D eigenvalue weighted by Gasteiger charge is -2.14. The van der Waals surface area contributed by atoms with Crippen LogP contribution in [0.5, 0.6) is 0 Å². The van der Waals surface area contributed by atoms with Gasteiger partial charge in [0.25, 0.3) is 0 Å². The molecule has 0 saturated carbocycles. The molecule has 1 N–H and O–H groups in total. The zero-order chi connectivity index (χ0) is 16.1. The highest BCUT2D eigenvalue weighted by molar-refractivity contribution is 6.30. The Bertz CT molecular complexity index is 634. The largest absolute Gasteiger partial charge is 0.356 e. The molecule has 0 saturated heterocycles. The van der Waals surface area contributed by atoms with Crippen molar-refractivity contribution in [2.24, 2.45) is 0 Å². The van der Waals surface area contributed by atoms with Gasteiger partial charge >= 0.3 is 0 Å². The van der Waals surface area contributed by atoms with E-state index in [1.54, 1.807) is 0 Å². The molecule has 2 rings (SSSR count). The molecule has 5 heteroatoms. The van der Waals surface area contributed by atoms with Crippen LogP contribution in [-0.2, 0) is 11.2 Å². The average Bonchev–Trinajstić information content (AvgIpc) is 2.80. The molecule has 118 valence electrons. The Morgan fingerprint density at radius 2 is 2.00 bits per heavy atom. The Morgan fingerprint density at radius 3 is 2.59 bits per heavy atom. The normalized spacial score (nSPS) is 12.2. The van der Waals surface area contributed by atoms with Crippen molar-refractivity contribution >= 4 is 17.5 Å². The Kier molecular flexibility index (Phi) is 5.61. The molecule has 1 amide bonds. The first-order chi connectivity index (χ1) is 10.5. The van der Waals surface area contributed by atoms with Crippen LogP contribution in [0.25, 0.3) is 0 Å². The Balaban J connectivity index is 1.78. The van der Waals surface area contributed by atoms with Crippen molar-refractivity contribution in [3.8, 4) is 0 Å². The quantitative estimate of drug-likeness (QED) is 0.886. The third-order valence-electron chi connectivity index (χ3n) is 3.59. The van der Waals surface area contributed by atoms with E-state index in [-0.39, 0.29) is 11.9 Å². The maximum absolute atomic E-state index is 12.0. The van der Waals surface area contributed by atoms with Crippen LogP contribution < -0.4 is 5.32 Å². The summed E-state index contributed by atoms with van der Waals surface area (Å²) in [5.41, 5.74) is 3.22. The molecule has 1 aromatic carbocycles. The van der Waals surface area contributed by atoms with Crippen molar-refractivity contribution in [3.63, 3.8) is 0 Å². The average molecular weight is 320 g/mol. The lowest BCUT2D eigenvalue weighted by molar-refractivity contribution is -0.121. The summed E-state index contributed by atoms with van der Waals surface area (Å²) >= 11 is 5.85. The van der Waals surface area contributed by atoms with E-state index >= 15 is 0 Å². The van der Waals surface area contributed by atoms with Crippen LogP contribution >= 0.6 is 11.6 Å². The molecular weight excluding hydrogens is 298 g/mol. The number of hydrogen-bond acceptors (Lipinski definition) is 2. The van der Waals surface area contributed by atoms with E-state index in [9.17, 15) is 4.79 Å². The number of halogens is 1. The topological polar surface area (TPSA) is 46.9 Å². The molecule has 22 heavy (non-hydrogen) atoms. The molecule has 0 aliphatic carbocycles. The van der Waals surface area contributed by atoms with Gasteiger partial charge in [0, 0.05) is 23.7 Å². The number of nitrogens with zero attached hydrogens (tertiary/aromatic N) is 2. The van der Waals surface area contributed by atoms with Gasteiger partial charge in [-0.05, 0) is 51.0 Å². The van der Waals surface area contributed by atoms with Gasteiger partial charge in [-0.15, -0.1) is 0 Å². The predicted octanol–water partition coefficient (Wildman–Crippen LogP) is 3.46. The Morgan fingerprint density at radius 1 is 1.32 bits per heavy atom. The number of carbonyl (C=O) groups is 1. The molecule has 1 heterocycles. The first-order valence-corrected chi connectivity index (χ1v) is 7.87. The van der Waals surface area contributed by atoms with Gasteiger partial charge in [0.1, 0.15) is 0 Å². The highest BCUT2D eigenvalue weighted by Gasteiger charge is 2.13. The standard InChI is InChI=1S/C17H22ClN3O/c1-12-10-13(2)21(20-12)14(3)11-17(22)19-9-8-15-4-6-16(18)7-5-15/h4-7,10,14H,8-9,11H2,1-3H3,(H,19,22)/t14-/m1/s1. The van der Waals surface area contributed by atoms with Gasteiger partial charge < -0.3 is 5.32 Å². The van der Waals surface area contributed by atoms with Crippen LogP contribution in [-0.4, -0.2) is 22.2 Å². The van der Waals surface area contributed by atoms with Crippen LogP contribution in [0.2, 0.25) is 5.02 Å². The van der Waals surface area contributed by atoms with Gasteiger partial charge in [0.15, 0.2) is 0 Å². The molecule has 0 radical (unpaired) electrons. The van der Waals surface area contributed by atoms with Crippen LogP contribution in [0.1, 0.15) is 36.3 Å². The summed E-state index contributed by atoms with van der Waals surface area (Å²) in [6.07, 6.45) is 1.24. The maximum atomic E-state index is 12.0. The number of amides is 1. The van der Waals surface area contributed by atoms with Gasteiger partial charge in [-0.2, -0.15) is 5.10 Å². The second kappa shape index (κ2) is 7.45. The molecule has 0 spiro atoms. The number of nitrogens with one attached hydrogen (secondary N) is 1. The van der Waals surface area contributed by atoms with E-state index in [4.69, 9.17) is 11.6 Å². The lowest BCUT2D eigenvalue weighted by atomic mass is 10.1. The number of rotatable bonds is 6. The number of aryl methyl sites for hydroxylation is 2. The molecule has 0 bridgehead atoms. The molecule has 1 atom stereocenters. The summed E-state index contributed by atoms with van der Waals surface area (Å²) in [6, 6.07) is 9.77. The molecular formula is C17H22ClN3O. The number of benzene rings is 1. The molecule has 0 aliphatic heterocycles. The lowest BCUT2D eigenvalue weighted by Crippen LogP contribution is -2.28. The minimum atomic E-state index is 0.0500. The van der Waals surface area contributed by atoms with Crippen LogP contribution in [0.15, 0.2) is 30.3 Å². The fourth-order valence-electron chi connectivity index (χ4n) is 2.52. The fraction of sp³-hybridized carbons (Fsp3) is 0.412. The first-order valence-electron chi connectivity index (χ1n) is 7.49. The second-order valence-electron chi connectivity index (χ2n) is 5.65. The zero-order valence-electron chi connectivity index (χ0n) is 13.3. The monoisotopic (exact) mass is 319 g/mol. The molecule has 0 aliphatic rings. The van der Waals surface area contributed by atoms with E-state index in [0.29, 0.717) is 13.0 Å². The third-order valence-corrected chi connectivity index (χ3v) is 3.84. The van der Waals surface area contributed by atoms with E-state index < -0.39 is 0 Å². The first kappa shape index (κ1) is 16.6. The molecule has 1 aromatic heterocycles. The zero-order valence-corrected chi connectivity index (χ0v) is 14.0. The summed E-state index contributed by atoms with van der Waals surface area (Å²) in [6.45, 7) is 6.61. The van der Waals surface area contributed by atoms with Crippen molar-refractivity contribution in [1.29, 1.82) is 0 Å². The SMILES string of the molecule is Cc1cc(C)n([C@H](C)CC(=O)NCCc2ccc(Cl)cc2)n1.